The van der Waals surface area contributed by atoms with E-state index in [0.29, 0.717) is 12.1 Å². The summed E-state index contributed by atoms with van der Waals surface area (Å²) in [5.74, 6) is -3.04. The molecule has 13 nitrogen and oxygen atoms in total. The van der Waals surface area contributed by atoms with Crippen molar-refractivity contribution in [3.63, 3.8) is 0 Å². The lowest BCUT2D eigenvalue weighted by Gasteiger charge is -2.26. The van der Waals surface area contributed by atoms with Crippen LogP contribution in [0.5, 0.6) is 5.75 Å². The van der Waals surface area contributed by atoms with Gasteiger partial charge in [-0.05, 0) is 12.1 Å². The van der Waals surface area contributed by atoms with E-state index in [-0.39, 0.29) is 31.0 Å². The molecule has 0 unspecified atom stereocenters. The molecule has 1 aromatic carbocycles. The maximum Gasteiger partial charge on any atom is 0.255 e. The number of amides is 5. The number of likely N-dealkylation sites (N-methyl/N-ethyl adjacent to an activating group) is 1. The molecule has 2 heterocycles. The highest BCUT2D eigenvalue weighted by Crippen LogP contribution is 2.18. The Bertz CT molecular complexity index is 1140. The van der Waals surface area contributed by atoms with E-state index < -0.39 is 54.5 Å². The largest absolute Gasteiger partial charge is 0.491 e. The molecule has 0 aliphatic carbocycles. The van der Waals surface area contributed by atoms with Crippen LogP contribution in [0.2, 0.25) is 0 Å². The SMILES string of the molecule is CN1CCOc2ccccc2C(=O)N[C@H](C(=O)NCCc2cnccn2)CC(=O)N[C@@H](CC(N)=O)C1=O. The number of nitrogens with one attached hydrogen (secondary N) is 3. The summed E-state index contributed by atoms with van der Waals surface area (Å²) in [6.45, 7) is 0.339. The van der Waals surface area contributed by atoms with Crippen molar-refractivity contribution in [1.82, 2.24) is 30.8 Å². The molecule has 5 amide bonds. The molecule has 0 fully saturated rings. The molecule has 5 N–H and O–H groups in total. The van der Waals surface area contributed by atoms with E-state index >= 15 is 0 Å². The standard InChI is InChI=1S/C24H29N7O6/c1-31-10-11-37-19-5-3-2-4-16(19)22(34)30-17(13-21(33)29-18(24(31)36)12-20(25)32)23(35)28-7-6-15-14-26-8-9-27-15/h2-5,8-9,14,17-18H,6-7,10-13H2,1H3,(H2,25,32)(H,28,35)(H,29,33)(H,30,34)/t17-,18-/m0/s1. The van der Waals surface area contributed by atoms with Crippen LogP contribution in [0.15, 0.2) is 42.9 Å². The Kier molecular flexibility index (Phi) is 9.47. The topological polar surface area (TPSA) is 186 Å². The van der Waals surface area contributed by atoms with Gasteiger partial charge in [0.2, 0.25) is 23.6 Å². The van der Waals surface area contributed by atoms with E-state index in [4.69, 9.17) is 10.5 Å². The van der Waals surface area contributed by atoms with Crippen LogP contribution in [-0.4, -0.2) is 83.2 Å². The van der Waals surface area contributed by atoms with Crippen LogP contribution in [0, 0.1) is 0 Å². The summed E-state index contributed by atoms with van der Waals surface area (Å²) >= 11 is 0. The second-order valence-electron chi connectivity index (χ2n) is 8.36. The number of benzene rings is 1. The van der Waals surface area contributed by atoms with Gasteiger partial charge in [-0.1, -0.05) is 12.1 Å². The molecule has 0 bridgehead atoms. The fraction of sp³-hybridized carbons (Fsp3) is 0.375. The number of fused-ring (bicyclic) bond motifs is 1. The normalized spacial score (nSPS) is 18.9. The maximum absolute atomic E-state index is 13.1. The molecule has 3 rings (SSSR count). The number of primary amides is 1. The zero-order chi connectivity index (χ0) is 26.8. The molecule has 1 aliphatic rings. The van der Waals surface area contributed by atoms with E-state index in [1.807, 2.05) is 0 Å². The van der Waals surface area contributed by atoms with E-state index in [2.05, 4.69) is 25.9 Å². The first-order valence-electron chi connectivity index (χ1n) is 11.6. The molecule has 1 aromatic heterocycles. The zero-order valence-electron chi connectivity index (χ0n) is 20.3. The third-order valence-corrected chi connectivity index (χ3v) is 5.54. The van der Waals surface area contributed by atoms with Crippen molar-refractivity contribution in [1.29, 1.82) is 0 Å². The molecule has 1 aliphatic heterocycles. The molecule has 0 saturated carbocycles. The zero-order valence-corrected chi connectivity index (χ0v) is 20.3. The Morgan fingerprint density at radius 2 is 1.97 bits per heavy atom. The maximum atomic E-state index is 13.1. The van der Waals surface area contributed by atoms with Gasteiger partial charge in [0.1, 0.15) is 24.4 Å². The van der Waals surface area contributed by atoms with Gasteiger partial charge in [0.15, 0.2) is 0 Å². The molecule has 0 spiro atoms. The third-order valence-electron chi connectivity index (χ3n) is 5.54. The van der Waals surface area contributed by atoms with Gasteiger partial charge in [0.25, 0.3) is 5.91 Å². The van der Waals surface area contributed by atoms with Crippen molar-refractivity contribution in [2.45, 2.75) is 31.3 Å². The van der Waals surface area contributed by atoms with Crippen LogP contribution in [0.4, 0.5) is 0 Å². The average molecular weight is 512 g/mol. The van der Waals surface area contributed by atoms with E-state index in [9.17, 15) is 24.0 Å². The quantitative estimate of drug-likeness (QED) is 0.362. The molecular weight excluding hydrogens is 482 g/mol. The van der Waals surface area contributed by atoms with Gasteiger partial charge in [0, 0.05) is 38.6 Å². The van der Waals surface area contributed by atoms with Crippen molar-refractivity contribution in [2.24, 2.45) is 5.73 Å². The minimum Gasteiger partial charge on any atom is -0.491 e. The first-order valence-corrected chi connectivity index (χ1v) is 11.6. The molecule has 0 radical (unpaired) electrons. The van der Waals surface area contributed by atoms with Crippen LogP contribution >= 0.6 is 0 Å². The summed E-state index contributed by atoms with van der Waals surface area (Å²) in [4.78, 5) is 72.7. The summed E-state index contributed by atoms with van der Waals surface area (Å²) in [5.41, 5.74) is 6.09. The van der Waals surface area contributed by atoms with Gasteiger partial charge < -0.3 is 31.3 Å². The van der Waals surface area contributed by atoms with Crippen molar-refractivity contribution in [2.75, 3.05) is 26.7 Å². The van der Waals surface area contributed by atoms with Gasteiger partial charge in [-0.2, -0.15) is 0 Å². The van der Waals surface area contributed by atoms with E-state index in [1.165, 1.54) is 30.4 Å². The van der Waals surface area contributed by atoms with Crippen LogP contribution < -0.4 is 26.4 Å². The molecule has 0 saturated heterocycles. The second kappa shape index (κ2) is 13.0. The fourth-order valence-corrected chi connectivity index (χ4v) is 3.63. The number of nitrogens with zero attached hydrogens (tertiary/aromatic N) is 3. The number of carbonyl (C=O) groups is 5. The Morgan fingerprint density at radius 1 is 1.19 bits per heavy atom. The summed E-state index contributed by atoms with van der Waals surface area (Å²) in [6.07, 6.45) is 4.08. The van der Waals surface area contributed by atoms with Gasteiger partial charge >= 0.3 is 0 Å². The predicted octanol–water partition coefficient (Wildman–Crippen LogP) is -1.46. The van der Waals surface area contributed by atoms with E-state index in [0.717, 1.165) is 0 Å². The number of hydrogen-bond acceptors (Lipinski definition) is 8. The van der Waals surface area contributed by atoms with Crippen molar-refractivity contribution < 1.29 is 28.7 Å². The second-order valence-corrected chi connectivity index (χ2v) is 8.36. The smallest absolute Gasteiger partial charge is 0.255 e. The first kappa shape index (κ1) is 27.0. The van der Waals surface area contributed by atoms with Gasteiger partial charge in [-0.15, -0.1) is 0 Å². The highest BCUT2D eigenvalue weighted by atomic mass is 16.5. The van der Waals surface area contributed by atoms with Crippen LogP contribution in [-0.2, 0) is 25.6 Å². The van der Waals surface area contributed by atoms with Gasteiger partial charge in [-0.25, -0.2) is 0 Å². The van der Waals surface area contributed by atoms with Gasteiger partial charge in [-0.3, -0.25) is 33.9 Å². The van der Waals surface area contributed by atoms with Crippen molar-refractivity contribution in [3.8, 4) is 5.75 Å². The van der Waals surface area contributed by atoms with Crippen LogP contribution in [0.1, 0.15) is 28.9 Å². The number of para-hydroxylation sites is 1. The first-order chi connectivity index (χ1) is 17.7. The third kappa shape index (κ3) is 7.98. The minimum atomic E-state index is -1.28. The number of rotatable bonds is 6. The molecule has 196 valence electrons. The number of aromatic nitrogens is 2. The monoisotopic (exact) mass is 511 g/mol. The highest BCUT2D eigenvalue weighted by molar-refractivity contribution is 6.01. The molecule has 13 heteroatoms. The Labute approximate surface area is 213 Å². The number of hydrogen-bond donors (Lipinski definition) is 4. The molecule has 2 atom stereocenters. The fourth-order valence-electron chi connectivity index (χ4n) is 3.63. The average Bonchev–Trinajstić information content (AvgIpc) is 2.87. The van der Waals surface area contributed by atoms with Crippen molar-refractivity contribution >= 4 is 29.5 Å². The Balaban J connectivity index is 1.82. The summed E-state index contributed by atoms with van der Waals surface area (Å²) < 4.78 is 5.72. The molecular formula is C24H29N7O6. The lowest BCUT2D eigenvalue weighted by Crippen LogP contribution is -2.53. The van der Waals surface area contributed by atoms with Crippen LogP contribution in [0.25, 0.3) is 0 Å². The molecule has 37 heavy (non-hydrogen) atoms. The lowest BCUT2D eigenvalue weighted by molar-refractivity contribution is -0.137. The lowest BCUT2D eigenvalue weighted by atomic mass is 10.1. The van der Waals surface area contributed by atoms with Crippen LogP contribution in [0.3, 0.4) is 0 Å². The summed E-state index contributed by atoms with van der Waals surface area (Å²) in [7, 11) is 1.49. The Morgan fingerprint density at radius 3 is 2.70 bits per heavy atom. The number of carbonyl (C=O) groups excluding carboxylic acids is 5. The predicted molar refractivity (Wildman–Crippen MR) is 130 cm³/mol. The summed E-state index contributed by atoms with van der Waals surface area (Å²) in [6, 6.07) is 3.90. The summed E-state index contributed by atoms with van der Waals surface area (Å²) in [5, 5.41) is 7.71. The van der Waals surface area contributed by atoms with Crippen molar-refractivity contribution in [3.05, 3.63) is 54.1 Å². The van der Waals surface area contributed by atoms with E-state index in [1.54, 1.807) is 24.4 Å². The Hall–Kier alpha value is -4.55. The highest BCUT2D eigenvalue weighted by Gasteiger charge is 2.30. The number of nitrogens with two attached hydrogens (primary N) is 1. The number of ether oxygens (including phenoxy) is 1. The van der Waals surface area contributed by atoms with Gasteiger partial charge in [0.05, 0.1) is 30.6 Å². The molecule has 2 aromatic rings. The minimum absolute atomic E-state index is 0.0378.